The van der Waals surface area contributed by atoms with Crippen LogP contribution in [0.5, 0.6) is 0 Å². The Morgan fingerprint density at radius 3 is 2.41 bits per heavy atom. The molecule has 1 heterocycles. The Hall–Kier alpha value is -0.420. The average molecular weight is 257 g/mol. The SMILES string of the molecule is O=C1CCCC1C1CCCN1S(=O)(=O)C1CC1. The van der Waals surface area contributed by atoms with Gasteiger partial charge in [-0.25, -0.2) is 8.42 Å². The molecule has 0 aromatic heterocycles. The molecule has 3 fully saturated rings. The lowest BCUT2D eigenvalue weighted by atomic mass is 9.96. The largest absolute Gasteiger partial charge is 0.299 e. The maximum absolute atomic E-state index is 12.3. The standard InChI is InChI=1S/C12H19NO3S/c14-12-5-1-3-10(12)11-4-2-8-13(11)17(15,16)9-6-7-9/h9-11H,1-8H2. The van der Waals surface area contributed by atoms with Crippen LogP contribution in [-0.2, 0) is 14.8 Å². The fraction of sp³-hybridized carbons (Fsp3) is 0.917. The third kappa shape index (κ3) is 1.93. The summed E-state index contributed by atoms with van der Waals surface area (Å²) in [5.74, 6) is 0.277. The first-order valence-corrected chi connectivity index (χ1v) is 8.14. The molecule has 96 valence electrons. The Kier molecular flexibility index (Phi) is 2.78. The summed E-state index contributed by atoms with van der Waals surface area (Å²) in [6, 6.07) is -0.0180. The lowest BCUT2D eigenvalue weighted by Crippen LogP contribution is -2.42. The van der Waals surface area contributed by atoms with E-state index >= 15 is 0 Å². The molecule has 1 aliphatic heterocycles. The van der Waals surface area contributed by atoms with Crippen molar-refractivity contribution in [1.82, 2.24) is 4.31 Å². The Morgan fingerprint density at radius 1 is 1.06 bits per heavy atom. The highest BCUT2D eigenvalue weighted by molar-refractivity contribution is 7.90. The van der Waals surface area contributed by atoms with Crippen molar-refractivity contribution >= 4 is 15.8 Å². The van der Waals surface area contributed by atoms with Gasteiger partial charge in [0.05, 0.1) is 5.25 Å². The molecule has 2 saturated carbocycles. The highest BCUT2D eigenvalue weighted by Crippen LogP contribution is 2.39. The van der Waals surface area contributed by atoms with E-state index in [0.29, 0.717) is 13.0 Å². The van der Waals surface area contributed by atoms with Crippen molar-refractivity contribution in [3.63, 3.8) is 0 Å². The smallest absolute Gasteiger partial charge is 0.217 e. The van der Waals surface area contributed by atoms with Crippen molar-refractivity contribution in [2.45, 2.75) is 56.2 Å². The van der Waals surface area contributed by atoms with Crippen molar-refractivity contribution in [2.24, 2.45) is 5.92 Å². The van der Waals surface area contributed by atoms with E-state index in [-0.39, 0.29) is 23.0 Å². The summed E-state index contributed by atoms with van der Waals surface area (Å²) in [5, 5.41) is -0.139. The van der Waals surface area contributed by atoms with Crippen LogP contribution in [0.3, 0.4) is 0 Å². The van der Waals surface area contributed by atoms with Gasteiger partial charge in [-0.15, -0.1) is 0 Å². The van der Waals surface area contributed by atoms with Gasteiger partial charge < -0.3 is 0 Å². The normalized spacial score (nSPS) is 35.6. The van der Waals surface area contributed by atoms with Gasteiger partial charge in [-0.1, -0.05) is 0 Å². The second-order valence-electron chi connectivity index (χ2n) is 5.53. The fourth-order valence-electron chi connectivity index (χ4n) is 3.29. The highest BCUT2D eigenvalue weighted by Gasteiger charge is 2.48. The summed E-state index contributed by atoms with van der Waals surface area (Å²) in [4.78, 5) is 11.8. The average Bonchev–Trinajstić information content (AvgIpc) is 2.89. The van der Waals surface area contributed by atoms with Crippen LogP contribution in [0.2, 0.25) is 0 Å². The lowest BCUT2D eigenvalue weighted by molar-refractivity contribution is -0.121. The molecule has 2 unspecified atom stereocenters. The Morgan fingerprint density at radius 2 is 1.82 bits per heavy atom. The van der Waals surface area contributed by atoms with Crippen LogP contribution in [0.4, 0.5) is 0 Å². The summed E-state index contributed by atoms with van der Waals surface area (Å²) in [7, 11) is -3.09. The molecule has 0 aromatic carbocycles. The maximum Gasteiger partial charge on any atom is 0.217 e. The molecule has 3 aliphatic rings. The van der Waals surface area contributed by atoms with Gasteiger partial charge in [0.2, 0.25) is 10.0 Å². The van der Waals surface area contributed by atoms with E-state index < -0.39 is 10.0 Å². The van der Waals surface area contributed by atoms with Crippen molar-refractivity contribution in [1.29, 1.82) is 0 Å². The first-order chi connectivity index (χ1) is 8.10. The second kappa shape index (κ2) is 4.05. The minimum Gasteiger partial charge on any atom is -0.299 e. The molecule has 4 nitrogen and oxygen atoms in total. The fourth-order valence-corrected chi connectivity index (χ4v) is 5.42. The van der Waals surface area contributed by atoms with E-state index in [1.54, 1.807) is 4.31 Å². The van der Waals surface area contributed by atoms with Gasteiger partial charge in [-0.2, -0.15) is 4.31 Å². The van der Waals surface area contributed by atoms with Gasteiger partial charge in [0.1, 0.15) is 5.78 Å². The third-order valence-corrected chi connectivity index (χ3v) is 6.76. The van der Waals surface area contributed by atoms with Gasteiger partial charge in [0.15, 0.2) is 0 Å². The monoisotopic (exact) mass is 257 g/mol. The minimum absolute atomic E-state index is 0.00831. The van der Waals surface area contributed by atoms with E-state index in [4.69, 9.17) is 0 Å². The lowest BCUT2D eigenvalue weighted by Gasteiger charge is -2.27. The van der Waals surface area contributed by atoms with Crippen molar-refractivity contribution < 1.29 is 13.2 Å². The minimum atomic E-state index is -3.09. The highest BCUT2D eigenvalue weighted by atomic mass is 32.2. The quantitative estimate of drug-likeness (QED) is 0.766. The molecular formula is C12H19NO3S. The Balaban J connectivity index is 1.82. The number of rotatable bonds is 3. The molecule has 0 radical (unpaired) electrons. The number of carbonyl (C=O) groups excluding carboxylic acids is 1. The van der Waals surface area contributed by atoms with Crippen LogP contribution in [0, 0.1) is 5.92 Å². The molecule has 0 N–H and O–H groups in total. The zero-order valence-electron chi connectivity index (χ0n) is 9.97. The molecule has 1 saturated heterocycles. The maximum atomic E-state index is 12.3. The molecular weight excluding hydrogens is 238 g/mol. The molecule has 0 amide bonds. The van der Waals surface area contributed by atoms with E-state index in [1.165, 1.54) is 0 Å². The molecule has 2 aliphatic carbocycles. The third-order valence-electron chi connectivity index (χ3n) is 4.34. The number of sulfonamides is 1. The van der Waals surface area contributed by atoms with E-state index in [9.17, 15) is 13.2 Å². The van der Waals surface area contributed by atoms with E-state index in [1.807, 2.05) is 0 Å². The van der Waals surface area contributed by atoms with Crippen LogP contribution in [0.1, 0.15) is 44.9 Å². The molecule has 17 heavy (non-hydrogen) atoms. The summed E-state index contributed by atoms with van der Waals surface area (Å²) in [5.41, 5.74) is 0. The number of hydrogen-bond donors (Lipinski definition) is 0. The van der Waals surface area contributed by atoms with Gasteiger partial charge in [-0.3, -0.25) is 4.79 Å². The molecule has 0 aromatic rings. The summed E-state index contributed by atoms with van der Waals surface area (Å²) >= 11 is 0. The first-order valence-electron chi connectivity index (χ1n) is 6.64. The van der Waals surface area contributed by atoms with Gasteiger partial charge in [-0.05, 0) is 38.5 Å². The second-order valence-corrected chi connectivity index (χ2v) is 7.70. The van der Waals surface area contributed by atoms with Crippen molar-refractivity contribution in [3.8, 4) is 0 Å². The zero-order valence-corrected chi connectivity index (χ0v) is 10.8. The Labute approximate surface area is 102 Å². The van der Waals surface area contributed by atoms with Gasteiger partial charge in [0, 0.05) is 24.9 Å². The van der Waals surface area contributed by atoms with E-state index in [0.717, 1.165) is 38.5 Å². The van der Waals surface area contributed by atoms with Crippen molar-refractivity contribution in [3.05, 3.63) is 0 Å². The topological polar surface area (TPSA) is 54.5 Å². The van der Waals surface area contributed by atoms with Crippen LogP contribution < -0.4 is 0 Å². The predicted octanol–water partition coefficient (Wildman–Crippen LogP) is 1.31. The van der Waals surface area contributed by atoms with Gasteiger partial charge >= 0.3 is 0 Å². The molecule has 2 atom stereocenters. The van der Waals surface area contributed by atoms with Gasteiger partial charge in [0.25, 0.3) is 0 Å². The van der Waals surface area contributed by atoms with Crippen LogP contribution >= 0.6 is 0 Å². The molecule has 0 spiro atoms. The Bertz CT molecular complexity index is 427. The summed E-state index contributed by atoms with van der Waals surface area (Å²) < 4.78 is 26.2. The van der Waals surface area contributed by atoms with Crippen molar-refractivity contribution in [2.75, 3.05) is 6.54 Å². The molecule has 5 heteroatoms. The number of ketones is 1. The number of hydrogen-bond acceptors (Lipinski definition) is 3. The number of nitrogens with zero attached hydrogens (tertiary/aromatic N) is 1. The zero-order chi connectivity index (χ0) is 12.0. The number of carbonyl (C=O) groups is 1. The molecule has 0 bridgehead atoms. The molecule has 3 rings (SSSR count). The summed E-state index contributed by atoms with van der Waals surface area (Å²) in [6.07, 6.45) is 5.90. The predicted molar refractivity (Wildman–Crippen MR) is 64.0 cm³/mol. The van der Waals surface area contributed by atoms with Crippen LogP contribution in [0.25, 0.3) is 0 Å². The number of Topliss-reactive ketones (excluding diaryl/α,β-unsaturated/α-hetero) is 1. The van der Waals surface area contributed by atoms with Crippen LogP contribution in [0.15, 0.2) is 0 Å². The van der Waals surface area contributed by atoms with Crippen LogP contribution in [-0.4, -0.2) is 36.3 Å². The summed E-state index contributed by atoms with van der Waals surface area (Å²) in [6.45, 7) is 0.632. The van der Waals surface area contributed by atoms with E-state index in [2.05, 4.69) is 0 Å². The first kappa shape index (κ1) is 11.7.